The van der Waals surface area contributed by atoms with Crippen LogP contribution in [-0.2, 0) is 4.79 Å². The molecule has 0 amide bonds. The van der Waals surface area contributed by atoms with Crippen LogP contribution in [0.25, 0.3) is 0 Å². The van der Waals surface area contributed by atoms with E-state index in [0.29, 0.717) is 17.3 Å². The molecule has 3 unspecified atom stereocenters. The van der Waals surface area contributed by atoms with E-state index in [9.17, 15) is 4.79 Å². The highest BCUT2D eigenvalue weighted by Gasteiger charge is 2.59. The SMILES string of the molecule is C[C@]12CCCCC1CC[C@@H]1C2CC[C@@]2(C)C1CC[C@@H]2CCCC(=O)O. The molecule has 0 heterocycles. The average molecular weight is 347 g/mol. The topological polar surface area (TPSA) is 37.3 Å². The Labute approximate surface area is 154 Å². The first-order chi connectivity index (χ1) is 11.9. The standard InChI is InChI=1S/C23H38O2/c1-22-14-4-3-6-16(22)9-11-18-19-12-10-17(7-5-8-21(24)25)23(19,2)15-13-20(18)22/h16-20H,3-15H2,1-2H3,(H,24,25)/t16?,17-,18-,19?,20?,22-,23+/m0/s1. The molecule has 142 valence electrons. The molecular formula is C23H38O2. The summed E-state index contributed by atoms with van der Waals surface area (Å²) in [4.78, 5) is 10.9. The van der Waals surface area contributed by atoms with Gasteiger partial charge in [-0.2, -0.15) is 0 Å². The van der Waals surface area contributed by atoms with Crippen molar-refractivity contribution < 1.29 is 9.90 Å². The Morgan fingerprint density at radius 2 is 1.72 bits per heavy atom. The molecule has 0 spiro atoms. The van der Waals surface area contributed by atoms with E-state index in [1.54, 1.807) is 0 Å². The summed E-state index contributed by atoms with van der Waals surface area (Å²) in [6.07, 6.45) is 17.0. The van der Waals surface area contributed by atoms with E-state index in [2.05, 4.69) is 13.8 Å². The lowest BCUT2D eigenvalue weighted by molar-refractivity contribution is -0.137. The molecule has 1 N–H and O–H groups in total. The van der Waals surface area contributed by atoms with Crippen molar-refractivity contribution in [1.82, 2.24) is 0 Å². The maximum absolute atomic E-state index is 10.9. The van der Waals surface area contributed by atoms with Crippen molar-refractivity contribution in [2.45, 2.75) is 97.3 Å². The predicted octanol–water partition coefficient (Wildman–Crippen LogP) is 6.29. The monoisotopic (exact) mass is 346 g/mol. The molecule has 2 heteroatoms. The number of hydrogen-bond donors (Lipinski definition) is 1. The molecule has 0 saturated heterocycles. The highest BCUT2D eigenvalue weighted by molar-refractivity contribution is 5.66. The van der Waals surface area contributed by atoms with Crippen LogP contribution in [0.1, 0.15) is 97.3 Å². The molecule has 4 saturated carbocycles. The predicted molar refractivity (Wildman–Crippen MR) is 101 cm³/mol. The van der Waals surface area contributed by atoms with Crippen molar-refractivity contribution in [3.63, 3.8) is 0 Å². The van der Waals surface area contributed by atoms with E-state index in [4.69, 9.17) is 5.11 Å². The van der Waals surface area contributed by atoms with Crippen molar-refractivity contribution >= 4 is 5.97 Å². The smallest absolute Gasteiger partial charge is 0.303 e. The molecular weight excluding hydrogens is 308 g/mol. The molecule has 7 atom stereocenters. The van der Waals surface area contributed by atoms with E-state index < -0.39 is 5.97 Å². The number of aliphatic carboxylic acids is 1. The molecule has 0 aromatic heterocycles. The van der Waals surface area contributed by atoms with Crippen LogP contribution < -0.4 is 0 Å². The van der Waals surface area contributed by atoms with Gasteiger partial charge in [0.05, 0.1) is 0 Å². The number of fused-ring (bicyclic) bond motifs is 5. The van der Waals surface area contributed by atoms with Crippen molar-refractivity contribution in [2.75, 3.05) is 0 Å². The number of carboxylic acids is 1. The molecule has 4 aliphatic rings. The average Bonchev–Trinajstić information content (AvgIpc) is 2.91. The maximum atomic E-state index is 10.9. The van der Waals surface area contributed by atoms with E-state index in [-0.39, 0.29) is 0 Å². The van der Waals surface area contributed by atoms with E-state index >= 15 is 0 Å². The van der Waals surface area contributed by atoms with Gasteiger partial charge in [0.15, 0.2) is 0 Å². The Balaban J connectivity index is 1.48. The second-order valence-electron chi connectivity index (χ2n) is 10.5. The van der Waals surface area contributed by atoms with Crippen molar-refractivity contribution in [1.29, 1.82) is 0 Å². The van der Waals surface area contributed by atoms with Crippen molar-refractivity contribution in [2.24, 2.45) is 40.4 Å². The van der Waals surface area contributed by atoms with Crippen LogP contribution >= 0.6 is 0 Å². The summed E-state index contributed by atoms with van der Waals surface area (Å²) in [6, 6.07) is 0. The number of carboxylic acid groups (broad SMARTS) is 1. The lowest BCUT2D eigenvalue weighted by Gasteiger charge is -2.60. The third kappa shape index (κ3) is 2.86. The van der Waals surface area contributed by atoms with E-state index in [1.807, 2.05) is 0 Å². The first-order valence-electron chi connectivity index (χ1n) is 11.2. The zero-order valence-corrected chi connectivity index (χ0v) is 16.4. The number of rotatable bonds is 4. The Morgan fingerprint density at radius 1 is 0.920 bits per heavy atom. The highest BCUT2D eigenvalue weighted by Crippen LogP contribution is 2.67. The maximum Gasteiger partial charge on any atom is 0.303 e. The van der Waals surface area contributed by atoms with Gasteiger partial charge < -0.3 is 5.11 Å². The summed E-state index contributed by atoms with van der Waals surface area (Å²) in [5.74, 6) is 4.08. The summed E-state index contributed by atoms with van der Waals surface area (Å²) in [7, 11) is 0. The summed E-state index contributed by atoms with van der Waals surface area (Å²) >= 11 is 0. The Kier molecular flexibility index (Phi) is 4.69. The molecule has 0 aromatic carbocycles. The molecule has 25 heavy (non-hydrogen) atoms. The van der Waals surface area contributed by atoms with Gasteiger partial charge in [0.1, 0.15) is 0 Å². The lowest BCUT2D eigenvalue weighted by atomic mass is 9.45. The second kappa shape index (κ2) is 6.57. The van der Waals surface area contributed by atoms with Crippen LogP contribution in [0.4, 0.5) is 0 Å². The zero-order chi connectivity index (χ0) is 17.7. The van der Waals surface area contributed by atoms with Gasteiger partial charge in [-0.05, 0) is 105 Å². The molecule has 0 radical (unpaired) electrons. The van der Waals surface area contributed by atoms with Gasteiger partial charge in [-0.25, -0.2) is 0 Å². The number of hydrogen-bond acceptors (Lipinski definition) is 1. The summed E-state index contributed by atoms with van der Waals surface area (Å²) in [5.41, 5.74) is 1.15. The third-order valence-corrected chi connectivity index (χ3v) is 9.72. The summed E-state index contributed by atoms with van der Waals surface area (Å²) in [6.45, 7) is 5.25. The fourth-order valence-corrected chi connectivity index (χ4v) is 8.38. The molecule has 0 bridgehead atoms. The largest absolute Gasteiger partial charge is 0.481 e. The molecule has 4 aliphatic carbocycles. The summed E-state index contributed by atoms with van der Waals surface area (Å²) < 4.78 is 0. The molecule has 0 aliphatic heterocycles. The second-order valence-corrected chi connectivity index (χ2v) is 10.5. The van der Waals surface area contributed by atoms with Crippen molar-refractivity contribution in [3.05, 3.63) is 0 Å². The van der Waals surface area contributed by atoms with Gasteiger partial charge >= 0.3 is 5.97 Å². The normalized spacial score (nSPS) is 49.1. The van der Waals surface area contributed by atoms with Gasteiger partial charge in [0.2, 0.25) is 0 Å². The Hall–Kier alpha value is -0.530. The fourth-order valence-electron chi connectivity index (χ4n) is 8.38. The molecule has 2 nitrogen and oxygen atoms in total. The molecule has 0 aromatic rings. The van der Waals surface area contributed by atoms with Gasteiger partial charge in [0, 0.05) is 6.42 Å². The Bertz CT molecular complexity index is 514. The fraction of sp³-hybridized carbons (Fsp3) is 0.957. The van der Waals surface area contributed by atoms with Crippen LogP contribution in [0.3, 0.4) is 0 Å². The summed E-state index contributed by atoms with van der Waals surface area (Å²) in [5, 5.41) is 8.98. The lowest BCUT2D eigenvalue weighted by Crippen LogP contribution is -2.52. The van der Waals surface area contributed by atoms with Crippen LogP contribution in [0.15, 0.2) is 0 Å². The first-order valence-corrected chi connectivity index (χ1v) is 11.2. The van der Waals surface area contributed by atoms with Gasteiger partial charge in [-0.1, -0.05) is 26.7 Å². The van der Waals surface area contributed by atoms with Crippen molar-refractivity contribution in [3.8, 4) is 0 Å². The quantitative estimate of drug-likeness (QED) is 0.649. The van der Waals surface area contributed by atoms with E-state index in [1.165, 1.54) is 64.2 Å². The van der Waals surface area contributed by atoms with E-state index in [0.717, 1.165) is 42.4 Å². The Morgan fingerprint density at radius 3 is 2.52 bits per heavy atom. The minimum absolute atomic E-state index is 0.364. The minimum atomic E-state index is -0.619. The minimum Gasteiger partial charge on any atom is -0.481 e. The highest BCUT2D eigenvalue weighted by atomic mass is 16.4. The van der Waals surface area contributed by atoms with Crippen LogP contribution in [0.2, 0.25) is 0 Å². The van der Waals surface area contributed by atoms with Crippen LogP contribution in [0, 0.1) is 40.4 Å². The van der Waals surface area contributed by atoms with Gasteiger partial charge in [-0.3, -0.25) is 4.79 Å². The zero-order valence-electron chi connectivity index (χ0n) is 16.4. The van der Waals surface area contributed by atoms with Gasteiger partial charge in [0.25, 0.3) is 0 Å². The molecule has 4 rings (SSSR count). The first kappa shape index (κ1) is 17.9. The van der Waals surface area contributed by atoms with Gasteiger partial charge in [-0.15, -0.1) is 0 Å². The van der Waals surface area contributed by atoms with Crippen LogP contribution in [-0.4, -0.2) is 11.1 Å². The molecule has 4 fully saturated rings. The third-order valence-electron chi connectivity index (χ3n) is 9.72. The number of carbonyl (C=O) groups is 1. The van der Waals surface area contributed by atoms with Crippen LogP contribution in [0.5, 0.6) is 0 Å².